The van der Waals surface area contributed by atoms with Gasteiger partial charge >= 0.3 is 0 Å². The maximum Gasteiger partial charge on any atom is 0.0468 e. The molecule has 72 valence electrons. The number of rotatable bonds is 7. The molecule has 0 fully saturated rings. The minimum Gasteiger partial charge on any atom is -0.382 e. The SMILES string of the molecule is C=CCCCOCC[Si](C)(C)C. The molecule has 2 heteroatoms. The first-order chi connectivity index (χ1) is 5.56. The van der Waals surface area contributed by atoms with Crippen molar-refractivity contribution >= 4 is 8.07 Å². The van der Waals surface area contributed by atoms with E-state index in [4.69, 9.17) is 4.74 Å². The molecule has 0 rings (SSSR count). The van der Waals surface area contributed by atoms with E-state index >= 15 is 0 Å². The van der Waals surface area contributed by atoms with E-state index in [1.54, 1.807) is 0 Å². The average Bonchev–Trinajstić information content (AvgIpc) is 1.94. The van der Waals surface area contributed by atoms with Crippen molar-refractivity contribution in [2.75, 3.05) is 13.2 Å². The molecule has 0 aliphatic rings. The normalized spacial score (nSPS) is 11.6. The van der Waals surface area contributed by atoms with Crippen LogP contribution in [0.25, 0.3) is 0 Å². The standard InChI is InChI=1S/C10H22OSi/c1-5-6-7-8-11-9-10-12(2,3)4/h5H,1,6-10H2,2-4H3. The van der Waals surface area contributed by atoms with Crippen molar-refractivity contribution in [1.82, 2.24) is 0 Å². The molecule has 0 bridgehead atoms. The molecule has 0 N–H and O–H groups in total. The Morgan fingerprint density at radius 2 is 1.92 bits per heavy atom. The fraction of sp³-hybridized carbons (Fsp3) is 0.800. The van der Waals surface area contributed by atoms with Crippen LogP contribution in [0, 0.1) is 0 Å². The Hall–Kier alpha value is -0.0831. The average molecular weight is 186 g/mol. The van der Waals surface area contributed by atoms with E-state index in [2.05, 4.69) is 26.2 Å². The lowest BCUT2D eigenvalue weighted by Gasteiger charge is -2.15. The molecule has 0 aromatic carbocycles. The van der Waals surface area contributed by atoms with E-state index in [1.807, 2.05) is 6.08 Å². The van der Waals surface area contributed by atoms with Crippen molar-refractivity contribution in [2.45, 2.75) is 38.5 Å². The van der Waals surface area contributed by atoms with Crippen molar-refractivity contribution < 1.29 is 4.74 Å². The van der Waals surface area contributed by atoms with Gasteiger partial charge in [0.1, 0.15) is 0 Å². The summed E-state index contributed by atoms with van der Waals surface area (Å²) in [6.07, 6.45) is 4.14. The summed E-state index contributed by atoms with van der Waals surface area (Å²) in [7, 11) is -0.871. The number of hydrogen-bond acceptors (Lipinski definition) is 1. The fourth-order valence-corrected chi connectivity index (χ4v) is 1.57. The van der Waals surface area contributed by atoms with Gasteiger partial charge in [0, 0.05) is 21.3 Å². The highest BCUT2D eigenvalue weighted by molar-refractivity contribution is 6.76. The van der Waals surface area contributed by atoms with E-state index in [0.29, 0.717) is 0 Å². The Kier molecular flexibility index (Phi) is 6.39. The minimum atomic E-state index is -0.871. The van der Waals surface area contributed by atoms with Crippen molar-refractivity contribution in [3.8, 4) is 0 Å². The Labute approximate surface area is 77.8 Å². The van der Waals surface area contributed by atoms with E-state index < -0.39 is 8.07 Å². The van der Waals surface area contributed by atoms with Gasteiger partial charge in [-0.05, 0) is 18.9 Å². The van der Waals surface area contributed by atoms with E-state index in [0.717, 1.165) is 26.1 Å². The third kappa shape index (κ3) is 9.92. The molecule has 0 spiro atoms. The first kappa shape index (κ1) is 11.9. The van der Waals surface area contributed by atoms with Gasteiger partial charge in [0.2, 0.25) is 0 Å². The lowest BCUT2D eigenvalue weighted by atomic mass is 10.3. The number of allylic oxidation sites excluding steroid dienone is 1. The van der Waals surface area contributed by atoms with Crippen LogP contribution in [-0.2, 0) is 4.74 Å². The molecule has 0 saturated heterocycles. The van der Waals surface area contributed by atoms with Crippen LogP contribution < -0.4 is 0 Å². The summed E-state index contributed by atoms with van der Waals surface area (Å²) in [6, 6.07) is 1.28. The molecule has 0 heterocycles. The van der Waals surface area contributed by atoms with Crippen LogP contribution in [0.3, 0.4) is 0 Å². The van der Waals surface area contributed by atoms with E-state index in [1.165, 1.54) is 6.04 Å². The van der Waals surface area contributed by atoms with Gasteiger partial charge in [-0.1, -0.05) is 25.7 Å². The molecule has 0 aromatic heterocycles. The number of hydrogen-bond donors (Lipinski definition) is 0. The van der Waals surface area contributed by atoms with E-state index in [9.17, 15) is 0 Å². The highest BCUT2D eigenvalue weighted by Gasteiger charge is 2.11. The lowest BCUT2D eigenvalue weighted by Crippen LogP contribution is -2.21. The Morgan fingerprint density at radius 1 is 1.25 bits per heavy atom. The highest BCUT2D eigenvalue weighted by Crippen LogP contribution is 2.07. The largest absolute Gasteiger partial charge is 0.382 e. The minimum absolute atomic E-state index is 0.871. The molecule has 0 unspecified atom stereocenters. The molecule has 0 aliphatic heterocycles. The smallest absolute Gasteiger partial charge is 0.0468 e. The van der Waals surface area contributed by atoms with Crippen LogP contribution in [0.1, 0.15) is 12.8 Å². The van der Waals surface area contributed by atoms with Gasteiger partial charge in [0.15, 0.2) is 0 Å². The molecule has 0 aliphatic carbocycles. The van der Waals surface area contributed by atoms with Crippen molar-refractivity contribution in [3.63, 3.8) is 0 Å². The van der Waals surface area contributed by atoms with Gasteiger partial charge < -0.3 is 4.74 Å². The van der Waals surface area contributed by atoms with Gasteiger partial charge in [-0.25, -0.2) is 0 Å². The molecule has 0 atom stereocenters. The van der Waals surface area contributed by atoms with Gasteiger partial charge in [-0.15, -0.1) is 6.58 Å². The summed E-state index contributed by atoms with van der Waals surface area (Å²) >= 11 is 0. The number of ether oxygens (including phenoxy) is 1. The quantitative estimate of drug-likeness (QED) is 0.337. The molecular weight excluding hydrogens is 164 g/mol. The lowest BCUT2D eigenvalue weighted by molar-refractivity contribution is 0.145. The Morgan fingerprint density at radius 3 is 2.42 bits per heavy atom. The monoisotopic (exact) mass is 186 g/mol. The Balaban J connectivity index is 3.06. The second-order valence-electron chi connectivity index (χ2n) is 4.35. The first-order valence-corrected chi connectivity index (χ1v) is 8.45. The summed E-state index contributed by atoms with van der Waals surface area (Å²) in [5, 5.41) is 0. The maximum absolute atomic E-state index is 5.50. The molecule has 12 heavy (non-hydrogen) atoms. The second kappa shape index (κ2) is 6.43. The fourth-order valence-electron chi connectivity index (χ4n) is 0.810. The Bertz CT molecular complexity index is 115. The van der Waals surface area contributed by atoms with Crippen LogP contribution in [0.4, 0.5) is 0 Å². The zero-order valence-electron chi connectivity index (χ0n) is 8.73. The van der Waals surface area contributed by atoms with Crippen LogP contribution in [0.15, 0.2) is 12.7 Å². The molecule has 0 radical (unpaired) electrons. The van der Waals surface area contributed by atoms with Gasteiger partial charge in [-0.3, -0.25) is 0 Å². The predicted molar refractivity (Wildman–Crippen MR) is 58.4 cm³/mol. The first-order valence-electron chi connectivity index (χ1n) is 4.75. The molecule has 0 amide bonds. The van der Waals surface area contributed by atoms with Gasteiger partial charge in [-0.2, -0.15) is 0 Å². The zero-order chi connectivity index (χ0) is 9.45. The highest BCUT2D eigenvalue weighted by atomic mass is 28.3. The third-order valence-corrected chi connectivity index (χ3v) is 3.40. The van der Waals surface area contributed by atoms with Crippen molar-refractivity contribution in [2.24, 2.45) is 0 Å². The zero-order valence-corrected chi connectivity index (χ0v) is 9.73. The van der Waals surface area contributed by atoms with Crippen molar-refractivity contribution in [3.05, 3.63) is 12.7 Å². The summed E-state index contributed by atoms with van der Waals surface area (Å²) < 4.78 is 5.50. The van der Waals surface area contributed by atoms with Gasteiger partial charge in [0.05, 0.1) is 0 Å². The summed E-state index contributed by atoms with van der Waals surface area (Å²) in [5.74, 6) is 0. The summed E-state index contributed by atoms with van der Waals surface area (Å²) in [4.78, 5) is 0. The molecule has 0 aromatic rings. The van der Waals surface area contributed by atoms with Crippen LogP contribution in [0.2, 0.25) is 25.7 Å². The van der Waals surface area contributed by atoms with Gasteiger partial charge in [0.25, 0.3) is 0 Å². The number of unbranched alkanes of at least 4 members (excludes halogenated alkanes) is 1. The summed E-state index contributed by atoms with van der Waals surface area (Å²) in [6.45, 7) is 12.6. The second-order valence-corrected chi connectivity index (χ2v) is 9.98. The molecular formula is C10H22OSi. The summed E-state index contributed by atoms with van der Waals surface area (Å²) in [5.41, 5.74) is 0. The van der Waals surface area contributed by atoms with Crippen molar-refractivity contribution in [1.29, 1.82) is 0 Å². The molecule has 0 saturated carbocycles. The van der Waals surface area contributed by atoms with Crippen LogP contribution >= 0.6 is 0 Å². The van der Waals surface area contributed by atoms with E-state index in [-0.39, 0.29) is 0 Å². The van der Waals surface area contributed by atoms with Crippen LogP contribution in [0.5, 0.6) is 0 Å². The third-order valence-electron chi connectivity index (χ3n) is 1.69. The molecule has 1 nitrogen and oxygen atoms in total. The predicted octanol–water partition coefficient (Wildman–Crippen LogP) is 3.31. The topological polar surface area (TPSA) is 9.23 Å². The van der Waals surface area contributed by atoms with Crippen LogP contribution in [-0.4, -0.2) is 21.3 Å². The maximum atomic E-state index is 5.50.